The van der Waals surface area contributed by atoms with Gasteiger partial charge in [-0.25, -0.2) is 0 Å². The van der Waals surface area contributed by atoms with Crippen LogP contribution in [0.15, 0.2) is 218 Å². The quantitative estimate of drug-likeness (QED) is 0.115. The van der Waals surface area contributed by atoms with Crippen molar-refractivity contribution in [3.05, 3.63) is 252 Å². The van der Waals surface area contributed by atoms with E-state index < -0.39 is 0 Å². The van der Waals surface area contributed by atoms with Crippen LogP contribution in [0.2, 0.25) is 0 Å². The van der Waals surface area contributed by atoms with Crippen molar-refractivity contribution in [2.45, 2.75) is 0 Å². The second-order valence-corrected chi connectivity index (χ2v) is 12.9. The summed E-state index contributed by atoms with van der Waals surface area (Å²) in [4.78, 5) is 34.8. The zero-order chi connectivity index (χ0) is 42.1. The molecule has 6 aromatic carbocycles. The summed E-state index contributed by atoms with van der Waals surface area (Å²) in [7, 11) is 0. The van der Waals surface area contributed by atoms with E-state index in [4.69, 9.17) is 9.47 Å². The van der Waals surface area contributed by atoms with Gasteiger partial charge in [0.25, 0.3) is 0 Å². The summed E-state index contributed by atoms with van der Waals surface area (Å²) in [6, 6.07) is 58.7. The first-order chi connectivity index (χ1) is 29.5. The van der Waals surface area contributed by atoms with Gasteiger partial charge in [0.2, 0.25) is 0 Å². The standard InChI is InChI=1S/3C17H14O.C4H8O2/c3*18-17(13-11-15-7-3-1-4-8-15)14-12-16-9-5-2-6-10-16;1-2-6-4-3-5-1/h3*1-14H;1-4H2. The number of carbonyl (C=O) groups is 3. The molecular formula is C55H50O5. The number of rotatable bonds is 12. The van der Waals surface area contributed by atoms with Crippen LogP contribution < -0.4 is 0 Å². The Morgan fingerprint density at radius 3 is 0.550 bits per heavy atom. The maximum absolute atomic E-state index is 11.6. The van der Waals surface area contributed by atoms with Gasteiger partial charge >= 0.3 is 0 Å². The molecule has 0 spiro atoms. The molecule has 0 aromatic heterocycles. The van der Waals surface area contributed by atoms with E-state index in [0.29, 0.717) is 0 Å². The average molecular weight is 791 g/mol. The lowest BCUT2D eigenvalue weighted by Crippen LogP contribution is -2.16. The summed E-state index contributed by atoms with van der Waals surface area (Å²) in [5.41, 5.74) is 6.16. The Bertz CT molecular complexity index is 1850. The van der Waals surface area contributed by atoms with E-state index >= 15 is 0 Å². The minimum absolute atomic E-state index is 0.0114. The highest BCUT2D eigenvalue weighted by Gasteiger charge is 1.95. The first-order valence-electron chi connectivity index (χ1n) is 19.7. The maximum atomic E-state index is 11.6. The first kappa shape index (κ1) is 45.4. The summed E-state index contributed by atoms with van der Waals surface area (Å²) >= 11 is 0. The molecule has 0 radical (unpaired) electrons. The summed E-state index contributed by atoms with van der Waals surface area (Å²) < 4.78 is 9.89. The fourth-order valence-corrected chi connectivity index (χ4v) is 5.06. The van der Waals surface area contributed by atoms with Crippen LogP contribution >= 0.6 is 0 Å². The molecule has 0 N–H and O–H groups in total. The van der Waals surface area contributed by atoms with E-state index in [-0.39, 0.29) is 17.3 Å². The van der Waals surface area contributed by atoms with Gasteiger partial charge in [-0.3, -0.25) is 14.4 Å². The lowest BCUT2D eigenvalue weighted by Gasteiger charge is -2.09. The molecule has 7 rings (SSSR count). The highest BCUT2D eigenvalue weighted by molar-refractivity contribution is 6.05. The van der Waals surface area contributed by atoms with Crippen molar-refractivity contribution in [2.24, 2.45) is 0 Å². The Morgan fingerprint density at radius 2 is 0.417 bits per heavy atom. The topological polar surface area (TPSA) is 69.7 Å². The van der Waals surface area contributed by atoms with Crippen LogP contribution in [0.4, 0.5) is 0 Å². The van der Waals surface area contributed by atoms with Crippen LogP contribution in [0.5, 0.6) is 0 Å². The van der Waals surface area contributed by atoms with E-state index in [2.05, 4.69) is 0 Å². The number of hydrogen-bond donors (Lipinski definition) is 0. The Morgan fingerprint density at radius 1 is 0.267 bits per heavy atom. The molecule has 60 heavy (non-hydrogen) atoms. The zero-order valence-electron chi connectivity index (χ0n) is 33.6. The molecule has 0 saturated carbocycles. The molecule has 1 aliphatic heterocycles. The molecule has 0 atom stereocenters. The SMILES string of the molecule is C1COCCO1.O=C(C=Cc1ccccc1)C=Cc1ccccc1.O=C(C=Cc1ccccc1)C=Cc1ccccc1.O=C(C=Cc1ccccc1)C=Cc1ccccc1. The number of allylic oxidation sites excluding steroid dienone is 6. The lowest BCUT2D eigenvalue weighted by atomic mass is 10.1. The number of hydrogen-bond acceptors (Lipinski definition) is 5. The molecule has 0 amide bonds. The number of ketones is 3. The van der Waals surface area contributed by atoms with Crippen LogP contribution in [-0.2, 0) is 23.9 Å². The Hall–Kier alpha value is -7.31. The highest BCUT2D eigenvalue weighted by Crippen LogP contribution is 2.06. The normalized spacial score (nSPS) is 12.4. The monoisotopic (exact) mass is 790 g/mol. The largest absolute Gasteiger partial charge is 0.377 e. The third-order valence-electron chi connectivity index (χ3n) is 8.18. The van der Waals surface area contributed by atoms with E-state index in [1.54, 1.807) is 36.5 Å². The van der Waals surface area contributed by atoms with Crippen LogP contribution in [0, 0.1) is 0 Å². The number of carbonyl (C=O) groups excluding carboxylic acids is 3. The number of benzene rings is 6. The van der Waals surface area contributed by atoms with Crippen LogP contribution in [0.3, 0.4) is 0 Å². The predicted molar refractivity (Wildman–Crippen MR) is 250 cm³/mol. The third kappa shape index (κ3) is 21.3. The summed E-state index contributed by atoms with van der Waals surface area (Å²) in [5, 5.41) is 0. The van der Waals surface area contributed by atoms with Crippen molar-refractivity contribution in [3.8, 4) is 0 Å². The van der Waals surface area contributed by atoms with Crippen LogP contribution in [0.25, 0.3) is 36.5 Å². The van der Waals surface area contributed by atoms with Crippen molar-refractivity contribution < 1.29 is 23.9 Å². The summed E-state index contributed by atoms with van der Waals surface area (Å²) in [6.45, 7) is 3.11. The summed E-state index contributed by atoms with van der Waals surface area (Å²) in [5.74, 6) is -0.0341. The van der Waals surface area contributed by atoms with Gasteiger partial charge in [0.1, 0.15) is 0 Å². The third-order valence-corrected chi connectivity index (χ3v) is 8.18. The fourth-order valence-electron chi connectivity index (χ4n) is 5.06. The minimum atomic E-state index is -0.0114. The second kappa shape index (κ2) is 29.0. The van der Waals surface area contributed by atoms with Gasteiger partial charge in [-0.2, -0.15) is 0 Å². The average Bonchev–Trinajstić information content (AvgIpc) is 3.33. The molecule has 0 aliphatic carbocycles. The van der Waals surface area contributed by atoms with Crippen molar-refractivity contribution in [2.75, 3.05) is 26.4 Å². The Kier molecular flexibility index (Phi) is 21.9. The number of ether oxygens (including phenoxy) is 2. The molecule has 1 saturated heterocycles. The lowest BCUT2D eigenvalue weighted by molar-refractivity contribution is -0.111. The molecular weight excluding hydrogens is 741 g/mol. The molecule has 0 bridgehead atoms. The van der Waals surface area contributed by atoms with Gasteiger partial charge in [0, 0.05) is 0 Å². The molecule has 1 aliphatic rings. The van der Waals surface area contributed by atoms with Crippen LogP contribution in [0.1, 0.15) is 33.4 Å². The maximum Gasteiger partial charge on any atom is 0.178 e. The molecule has 5 heteroatoms. The Labute approximate surface area is 354 Å². The second-order valence-electron chi connectivity index (χ2n) is 12.9. The minimum Gasteiger partial charge on any atom is -0.377 e. The van der Waals surface area contributed by atoms with Crippen molar-refractivity contribution in [1.29, 1.82) is 0 Å². The van der Waals surface area contributed by atoms with Crippen molar-refractivity contribution in [3.63, 3.8) is 0 Å². The van der Waals surface area contributed by atoms with E-state index in [1.165, 1.54) is 0 Å². The van der Waals surface area contributed by atoms with E-state index in [9.17, 15) is 14.4 Å². The molecule has 5 nitrogen and oxygen atoms in total. The molecule has 300 valence electrons. The zero-order valence-corrected chi connectivity index (χ0v) is 33.6. The van der Waals surface area contributed by atoms with Crippen molar-refractivity contribution in [1.82, 2.24) is 0 Å². The highest BCUT2D eigenvalue weighted by atomic mass is 16.6. The van der Waals surface area contributed by atoms with Gasteiger partial charge in [-0.15, -0.1) is 0 Å². The first-order valence-corrected chi connectivity index (χ1v) is 19.7. The van der Waals surface area contributed by atoms with Gasteiger partial charge in [0.15, 0.2) is 17.3 Å². The van der Waals surface area contributed by atoms with E-state index in [1.807, 2.05) is 218 Å². The molecule has 0 unspecified atom stereocenters. The van der Waals surface area contributed by atoms with Gasteiger partial charge in [0.05, 0.1) is 26.4 Å². The molecule has 1 fully saturated rings. The predicted octanol–water partition coefficient (Wildman–Crippen LogP) is 12.0. The van der Waals surface area contributed by atoms with E-state index in [0.717, 1.165) is 59.8 Å². The van der Waals surface area contributed by atoms with Gasteiger partial charge in [-0.05, 0) is 69.8 Å². The smallest absolute Gasteiger partial charge is 0.178 e. The van der Waals surface area contributed by atoms with Crippen LogP contribution in [-0.4, -0.2) is 43.8 Å². The fraction of sp³-hybridized carbons (Fsp3) is 0.0727. The van der Waals surface area contributed by atoms with Gasteiger partial charge in [-0.1, -0.05) is 218 Å². The summed E-state index contributed by atoms with van der Waals surface area (Å²) in [6.07, 6.45) is 20.4. The van der Waals surface area contributed by atoms with Gasteiger partial charge < -0.3 is 9.47 Å². The molecule has 1 heterocycles. The molecule has 6 aromatic rings. The van der Waals surface area contributed by atoms with Crippen molar-refractivity contribution >= 4 is 53.8 Å². The Balaban J connectivity index is 0.000000185.